The number of hydrogen-bond acceptors (Lipinski definition) is 3. The van der Waals surface area contributed by atoms with Gasteiger partial charge in [0.2, 0.25) is 6.79 Å². The van der Waals surface area contributed by atoms with Gasteiger partial charge in [-0.2, -0.15) is 0 Å². The molecule has 0 atom stereocenters. The summed E-state index contributed by atoms with van der Waals surface area (Å²) in [7, 11) is 1.84. The van der Waals surface area contributed by atoms with Crippen LogP contribution in [0.4, 0.5) is 0 Å². The Hall–Kier alpha value is -2.17. The molecular formula is C12H11NO4. The number of aryl methyl sites for hydroxylation is 1. The normalized spacial score (nSPS) is 13.3. The third-order valence-electron chi connectivity index (χ3n) is 3.20. The van der Waals surface area contributed by atoms with E-state index in [0.717, 1.165) is 11.2 Å². The molecule has 1 aliphatic heterocycles. The number of fused-ring (bicyclic) bond motifs is 2. The minimum absolute atomic E-state index is 0.188. The van der Waals surface area contributed by atoms with Gasteiger partial charge in [-0.05, 0) is 13.0 Å². The zero-order chi connectivity index (χ0) is 12.2. The molecule has 0 aliphatic carbocycles. The van der Waals surface area contributed by atoms with Gasteiger partial charge in [0.1, 0.15) is 0 Å². The number of hydrogen-bond donors (Lipinski definition) is 1. The lowest BCUT2D eigenvalue weighted by Crippen LogP contribution is -1.99. The van der Waals surface area contributed by atoms with E-state index in [1.54, 1.807) is 13.0 Å². The fourth-order valence-corrected chi connectivity index (χ4v) is 2.22. The summed E-state index contributed by atoms with van der Waals surface area (Å²) in [4.78, 5) is 11.3. The molecule has 5 heteroatoms. The minimum Gasteiger partial charge on any atom is -0.478 e. The first-order chi connectivity index (χ1) is 8.09. The van der Waals surface area contributed by atoms with E-state index in [1.165, 1.54) is 0 Å². The topological polar surface area (TPSA) is 60.7 Å². The van der Waals surface area contributed by atoms with E-state index in [2.05, 4.69) is 0 Å². The van der Waals surface area contributed by atoms with Crippen molar-refractivity contribution in [2.45, 2.75) is 6.92 Å². The van der Waals surface area contributed by atoms with Gasteiger partial charge in [-0.15, -0.1) is 0 Å². The lowest BCUT2D eigenvalue weighted by molar-refractivity contribution is 0.0698. The quantitative estimate of drug-likeness (QED) is 0.817. The lowest BCUT2D eigenvalue weighted by atomic mass is 10.1. The summed E-state index contributed by atoms with van der Waals surface area (Å²) >= 11 is 0. The van der Waals surface area contributed by atoms with Gasteiger partial charge in [-0.1, -0.05) is 0 Å². The van der Waals surface area contributed by atoms with Crippen LogP contribution in [0, 0.1) is 6.92 Å². The van der Waals surface area contributed by atoms with Crippen molar-refractivity contribution in [2.24, 2.45) is 7.05 Å². The summed E-state index contributed by atoms with van der Waals surface area (Å²) in [6.45, 7) is 1.98. The molecule has 0 unspecified atom stereocenters. The predicted molar refractivity (Wildman–Crippen MR) is 60.7 cm³/mol. The molecule has 0 saturated heterocycles. The molecule has 5 nitrogen and oxygen atoms in total. The Kier molecular flexibility index (Phi) is 1.86. The van der Waals surface area contributed by atoms with Gasteiger partial charge in [0.25, 0.3) is 0 Å². The highest BCUT2D eigenvalue weighted by molar-refractivity contribution is 6.06. The van der Waals surface area contributed by atoms with Crippen molar-refractivity contribution in [3.05, 3.63) is 23.4 Å². The van der Waals surface area contributed by atoms with E-state index < -0.39 is 5.97 Å². The fourth-order valence-electron chi connectivity index (χ4n) is 2.22. The molecule has 3 rings (SSSR count). The molecule has 2 aromatic rings. The van der Waals surface area contributed by atoms with Crippen LogP contribution < -0.4 is 9.47 Å². The number of aromatic nitrogens is 1. The smallest absolute Gasteiger partial charge is 0.338 e. The molecule has 2 heterocycles. The monoisotopic (exact) mass is 233 g/mol. The number of nitrogens with zero attached hydrogens (tertiary/aromatic N) is 1. The first kappa shape index (κ1) is 10.0. The van der Waals surface area contributed by atoms with Crippen LogP contribution in [0.2, 0.25) is 0 Å². The number of carboxylic acids is 1. The van der Waals surface area contributed by atoms with Gasteiger partial charge in [-0.3, -0.25) is 0 Å². The largest absolute Gasteiger partial charge is 0.478 e. The summed E-state index contributed by atoms with van der Waals surface area (Å²) in [5.41, 5.74) is 1.88. The van der Waals surface area contributed by atoms with Crippen LogP contribution in [0.25, 0.3) is 10.9 Å². The molecule has 0 fully saturated rings. The Morgan fingerprint density at radius 2 is 2.00 bits per heavy atom. The molecule has 0 saturated carbocycles. The highest BCUT2D eigenvalue weighted by Crippen LogP contribution is 2.38. The first-order valence-electron chi connectivity index (χ1n) is 5.21. The average Bonchev–Trinajstić information content (AvgIpc) is 2.81. The van der Waals surface area contributed by atoms with E-state index in [1.807, 2.05) is 17.7 Å². The lowest BCUT2D eigenvalue weighted by Gasteiger charge is -1.99. The van der Waals surface area contributed by atoms with Crippen LogP contribution in [0.3, 0.4) is 0 Å². The second-order valence-electron chi connectivity index (χ2n) is 4.05. The number of carbonyl (C=O) groups is 1. The maximum atomic E-state index is 11.3. The third kappa shape index (κ3) is 1.22. The van der Waals surface area contributed by atoms with Crippen molar-refractivity contribution in [2.75, 3.05) is 6.79 Å². The Morgan fingerprint density at radius 3 is 2.65 bits per heavy atom. The number of benzene rings is 1. The molecule has 17 heavy (non-hydrogen) atoms. The van der Waals surface area contributed by atoms with Crippen LogP contribution in [-0.2, 0) is 7.05 Å². The van der Waals surface area contributed by atoms with Crippen molar-refractivity contribution >= 4 is 16.9 Å². The summed E-state index contributed by atoms with van der Waals surface area (Å²) in [5, 5.41) is 9.92. The zero-order valence-electron chi connectivity index (χ0n) is 9.48. The van der Waals surface area contributed by atoms with Crippen LogP contribution >= 0.6 is 0 Å². The number of aromatic carboxylic acids is 1. The van der Waals surface area contributed by atoms with Crippen molar-refractivity contribution in [1.82, 2.24) is 4.57 Å². The van der Waals surface area contributed by atoms with Gasteiger partial charge < -0.3 is 19.1 Å². The zero-order valence-corrected chi connectivity index (χ0v) is 9.48. The van der Waals surface area contributed by atoms with Crippen LogP contribution in [0.1, 0.15) is 16.1 Å². The molecule has 1 aliphatic rings. The summed E-state index contributed by atoms with van der Waals surface area (Å²) < 4.78 is 12.4. The molecule has 0 amide bonds. The number of carboxylic acid groups (broad SMARTS) is 1. The second kappa shape index (κ2) is 3.16. The van der Waals surface area contributed by atoms with E-state index in [4.69, 9.17) is 9.47 Å². The van der Waals surface area contributed by atoms with Gasteiger partial charge >= 0.3 is 5.97 Å². The highest BCUT2D eigenvalue weighted by Gasteiger charge is 2.22. The van der Waals surface area contributed by atoms with Gasteiger partial charge in [0.05, 0.1) is 11.1 Å². The van der Waals surface area contributed by atoms with E-state index in [9.17, 15) is 9.90 Å². The predicted octanol–water partition coefficient (Wildman–Crippen LogP) is 1.91. The minimum atomic E-state index is -0.924. The summed E-state index contributed by atoms with van der Waals surface area (Å²) in [6, 6.07) is 3.55. The van der Waals surface area contributed by atoms with Gasteiger partial charge in [0, 0.05) is 24.2 Å². The maximum absolute atomic E-state index is 11.3. The van der Waals surface area contributed by atoms with Crippen LogP contribution in [-0.4, -0.2) is 22.4 Å². The van der Waals surface area contributed by atoms with Gasteiger partial charge in [0.15, 0.2) is 11.5 Å². The molecule has 0 bridgehead atoms. The average molecular weight is 233 g/mol. The van der Waals surface area contributed by atoms with Crippen molar-refractivity contribution in [3.63, 3.8) is 0 Å². The molecule has 1 N–H and O–H groups in total. The van der Waals surface area contributed by atoms with Crippen molar-refractivity contribution in [1.29, 1.82) is 0 Å². The Bertz CT molecular complexity index is 642. The van der Waals surface area contributed by atoms with Crippen LogP contribution in [0.15, 0.2) is 12.1 Å². The molecule has 0 spiro atoms. The second-order valence-corrected chi connectivity index (χ2v) is 4.05. The molecule has 88 valence electrons. The third-order valence-corrected chi connectivity index (χ3v) is 3.20. The highest BCUT2D eigenvalue weighted by atomic mass is 16.7. The molecule has 0 radical (unpaired) electrons. The first-order valence-corrected chi connectivity index (χ1v) is 5.21. The Morgan fingerprint density at radius 1 is 1.35 bits per heavy atom. The summed E-state index contributed by atoms with van der Waals surface area (Å²) in [5.74, 6) is 0.340. The Labute approximate surface area is 97.2 Å². The molecular weight excluding hydrogens is 222 g/mol. The van der Waals surface area contributed by atoms with E-state index in [-0.39, 0.29) is 6.79 Å². The SMILES string of the molecule is Cc1c(C(=O)O)c2cc3c(cc2n1C)OCO3. The number of ether oxygens (including phenoxy) is 2. The van der Waals surface area contributed by atoms with E-state index in [0.29, 0.717) is 22.4 Å². The standard InChI is InChI=1S/C12H11NO4/c1-6-11(12(14)15)7-3-9-10(17-5-16-9)4-8(7)13(6)2/h3-4H,5H2,1-2H3,(H,14,15). The molecule has 1 aromatic heterocycles. The van der Waals surface area contributed by atoms with Crippen molar-refractivity contribution < 1.29 is 19.4 Å². The molecule has 1 aromatic carbocycles. The van der Waals surface area contributed by atoms with Gasteiger partial charge in [-0.25, -0.2) is 4.79 Å². The summed E-state index contributed by atoms with van der Waals surface area (Å²) in [6.07, 6.45) is 0. The Balaban J connectivity index is 2.42. The number of rotatable bonds is 1. The maximum Gasteiger partial charge on any atom is 0.338 e. The fraction of sp³-hybridized carbons (Fsp3) is 0.250. The van der Waals surface area contributed by atoms with E-state index >= 15 is 0 Å². The van der Waals surface area contributed by atoms with Crippen LogP contribution in [0.5, 0.6) is 11.5 Å². The van der Waals surface area contributed by atoms with Crippen molar-refractivity contribution in [3.8, 4) is 11.5 Å².